The maximum absolute atomic E-state index is 10.3. The molecule has 0 fully saturated rings. The van der Waals surface area contributed by atoms with E-state index >= 15 is 0 Å². The lowest BCUT2D eigenvalue weighted by molar-refractivity contribution is -0.255. The second-order valence-electron chi connectivity index (χ2n) is 2.52. The second kappa shape index (κ2) is 11.9. The van der Waals surface area contributed by atoms with E-state index in [2.05, 4.69) is 23.6 Å². The molecular formula is C9H18O5. The molecule has 0 aliphatic carbocycles. The Morgan fingerprint density at radius 3 is 1.93 bits per heavy atom. The van der Waals surface area contributed by atoms with Crippen molar-refractivity contribution in [2.24, 2.45) is 0 Å². The number of carbonyl (C=O) groups is 2. The number of carboxylic acids is 1. The number of carbonyl (C=O) groups excluding carboxylic acids is 1. The highest BCUT2D eigenvalue weighted by molar-refractivity contribution is 5.76. The van der Waals surface area contributed by atoms with Crippen LogP contribution in [0.1, 0.15) is 39.5 Å². The topological polar surface area (TPSA) is 72.8 Å². The van der Waals surface area contributed by atoms with Crippen molar-refractivity contribution >= 4 is 11.9 Å². The molecule has 0 saturated carbocycles. The number of unbranched alkanes of at least 4 members (excludes halogenated alkanes) is 1. The summed E-state index contributed by atoms with van der Waals surface area (Å²) in [6, 6.07) is 0. The summed E-state index contributed by atoms with van der Waals surface area (Å²) >= 11 is 0. The minimum Gasteiger partial charge on any atom is -0.481 e. The molecule has 0 unspecified atom stereocenters. The first-order valence-electron chi connectivity index (χ1n) is 4.53. The van der Waals surface area contributed by atoms with Gasteiger partial charge in [-0.1, -0.05) is 26.7 Å². The van der Waals surface area contributed by atoms with Gasteiger partial charge in [-0.25, -0.2) is 4.79 Å². The van der Waals surface area contributed by atoms with Gasteiger partial charge in [0.2, 0.25) is 0 Å². The summed E-state index contributed by atoms with van der Waals surface area (Å²) in [7, 11) is 1.18. The van der Waals surface area contributed by atoms with Crippen molar-refractivity contribution in [3.63, 3.8) is 0 Å². The second-order valence-corrected chi connectivity index (χ2v) is 2.52. The lowest BCUT2D eigenvalue weighted by Gasteiger charge is -1.95. The van der Waals surface area contributed by atoms with E-state index in [1.54, 1.807) is 0 Å². The average molecular weight is 206 g/mol. The lowest BCUT2D eigenvalue weighted by atomic mass is 10.3. The largest absolute Gasteiger partial charge is 0.481 e. The zero-order valence-corrected chi connectivity index (χ0v) is 8.91. The third-order valence-electron chi connectivity index (χ3n) is 1.22. The molecule has 0 heterocycles. The number of rotatable bonds is 5. The maximum Gasteiger partial charge on any atom is 0.342 e. The third kappa shape index (κ3) is 17.1. The van der Waals surface area contributed by atoms with Gasteiger partial charge in [-0.05, 0) is 0 Å². The van der Waals surface area contributed by atoms with Gasteiger partial charge in [0.05, 0.1) is 20.0 Å². The third-order valence-corrected chi connectivity index (χ3v) is 1.22. The Labute approximate surface area is 83.9 Å². The van der Waals surface area contributed by atoms with Crippen LogP contribution >= 0.6 is 0 Å². The van der Waals surface area contributed by atoms with Crippen molar-refractivity contribution < 1.29 is 24.5 Å². The molecule has 5 heteroatoms. The van der Waals surface area contributed by atoms with E-state index in [1.165, 1.54) is 20.0 Å². The SMILES string of the molecule is CCCC.COOC(=O)CCC(=O)O. The van der Waals surface area contributed by atoms with Gasteiger partial charge in [0.25, 0.3) is 0 Å². The van der Waals surface area contributed by atoms with E-state index in [9.17, 15) is 9.59 Å². The predicted molar refractivity (Wildman–Crippen MR) is 50.6 cm³/mol. The Kier molecular flexibility index (Phi) is 13.1. The lowest BCUT2D eigenvalue weighted by Crippen LogP contribution is -2.06. The Morgan fingerprint density at radius 2 is 1.64 bits per heavy atom. The minimum atomic E-state index is -1.03. The first-order valence-corrected chi connectivity index (χ1v) is 4.53. The molecule has 0 aromatic rings. The molecule has 0 amide bonds. The highest BCUT2D eigenvalue weighted by Crippen LogP contribution is 1.91. The zero-order valence-electron chi connectivity index (χ0n) is 8.91. The van der Waals surface area contributed by atoms with E-state index in [-0.39, 0.29) is 12.8 Å². The van der Waals surface area contributed by atoms with E-state index in [4.69, 9.17) is 5.11 Å². The molecule has 0 aromatic carbocycles. The zero-order chi connectivity index (χ0) is 11.4. The van der Waals surface area contributed by atoms with Crippen LogP contribution in [0.25, 0.3) is 0 Å². The Hall–Kier alpha value is -1.10. The van der Waals surface area contributed by atoms with Gasteiger partial charge < -0.3 is 5.11 Å². The van der Waals surface area contributed by atoms with E-state index in [0.29, 0.717) is 0 Å². The quantitative estimate of drug-likeness (QED) is 0.548. The van der Waals surface area contributed by atoms with Crippen molar-refractivity contribution in [3.8, 4) is 0 Å². The number of aliphatic carboxylic acids is 1. The van der Waals surface area contributed by atoms with Crippen LogP contribution in [0.5, 0.6) is 0 Å². The van der Waals surface area contributed by atoms with Crippen molar-refractivity contribution in [2.75, 3.05) is 7.11 Å². The first-order chi connectivity index (χ1) is 6.58. The minimum absolute atomic E-state index is 0.164. The normalized spacial score (nSPS) is 8.50. The summed E-state index contributed by atoms with van der Waals surface area (Å²) in [5.41, 5.74) is 0. The van der Waals surface area contributed by atoms with Crippen LogP contribution in [-0.2, 0) is 19.4 Å². The predicted octanol–water partition coefficient (Wildman–Crippen LogP) is 1.76. The van der Waals surface area contributed by atoms with Crippen LogP contribution in [0.3, 0.4) is 0 Å². The molecule has 0 saturated heterocycles. The monoisotopic (exact) mass is 206 g/mol. The molecular weight excluding hydrogens is 188 g/mol. The highest BCUT2D eigenvalue weighted by atomic mass is 17.2. The van der Waals surface area contributed by atoms with Crippen molar-refractivity contribution in [1.29, 1.82) is 0 Å². The molecule has 84 valence electrons. The van der Waals surface area contributed by atoms with E-state index < -0.39 is 11.9 Å². The van der Waals surface area contributed by atoms with Crippen LogP contribution in [0.15, 0.2) is 0 Å². The fraction of sp³-hybridized carbons (Fsp3) is 0.778. The summed E-state index contributed by atoms with van der Waals surface area (Å²) in [4.78, 5) is 28.2. The summed E-state index contributed by atoms with van der Waals surface area (Å²) in [5.74, 6) is -1.71. The van der Waals surface area contributed by atoms with Gasteiger partial charge in [-0.3, -0.25) is 9.68 Å². The van der Waals surface area contributed by atoms with Crippen LogP contribution in [-0.4, -0.2) is 24.2 Å². The van der Waals surface area contributed by atoms with Gasteiger partial charge in [0, 0.05) is 0 Å². The molecule has 5 nitrogen and oxygen atoms in total. The van der Waals surface area contributed by atoms with E-state index in [1.807, 2.05) is 0 Å². The van der Waals surface area contributed by atoms with Gasteiger partial charge in [0.15, 0.2) is 0 Å². The molecule has 0 radical (unpaired) electrons. The summed E-state index contributed by atoms with van der Waals surface area (Å²) in [5, 5.41) is 8.08. The van der Waals surface area contributed by atoms with Crippen molar-refractivity contribution in [2.45, 2.75) is 39.5 Å². The molecule has 0 spiro atoms. The molecule has 0 bridgehead atoms. The van der Waals surface area contributed by atoms with Crippen LogP contribution < -0.4 is 0 Å². The van der Waals surface area contributed by atoms with Crippen molar-refractivity contribution in [3.05, 3.63) is 0 Å². The average Bonchev–Trinajstić information content (AvgIpc) is 2.16. The van der Waals surface area contributed by atoms with Crippen molar-refractivity contribution in [1.82, 2.24) is 0 Å². The number of hydrogen-bond acceptors (Lipinski definition) is 4. The maximum atomic E-state index is 10.3. The highest BCUT2D eigenvalue weighted by Gasteiger charge is 2.05. The molecule has 0 aliphatic heterocycles. The first kappa shape index (κ1) is 15.4. The van der Waals surface area contributed by atoms with Crippen LogP contribution in [0.2, 0.25) is 0 Å². The fourth-order valence-electron chi connectivity index (χ4n) is 0.344. The Bertz CT molecular complexity index is 153. The van der Waals surface area contributed by atoms with Gasteiger partial charge in [0.1, 0.15) is 0 Å². The molecule has 0 rings (SSSR count). The molecule has 1 N–H and O–H groups in total. The summed E-state index contributed by atoms with van der Waals surface area (Å²) < 4.78 is 0. The molecule has 0 atom stereocenters. The van der Waals surface area contributed by atoms with Gasteiger partial charge in [-0.15, -0.1) is 0 Å². The standard InChI is InChI=1S/C5H8O5.C4H10/c1-9-10-5(8)3-2-4(6)7;1-3-4-2/h2-3H2,1H3,(H,6,7);3-4H2,1-2H3. The number of carboxylic acid groups (broad SMARTS) is 1. The molecule has 0 aromatic heterocycles. The number of hydrogen-bond donors (Lipinski definition) is 1. The van der Waals surface area contributed by atoms with Crippen LogP contribution in [0.4, 0.5) is 0 Å². The van der Waals surface area contributed by atoms with Gasteiger partial charge in [-0.2, -0.15) is 4.89 Å². The Balaban J connectivity index is 0. The summed E-state index contributed by atoms with van der Waals surface area (Å²) in [6.07, 6.45) is 2.24. The fourth-order valence-corrected chi connectivity index (χ4v) is 0.344. The summed E-state index contributed by atoms with van der Waals surface area (Å²) in [6.45, 7) is 4.36. The Morgan fingerprint density at radius 1 is 1.14 bits per heavy atom. The van der Waals surface area contributed by atoms with E-state index in [0.717, 1.165) is 0 Å². The smallest absolute Gasteiger partial charge is 0.342 e. The van der Waals surface area contributed by atoms with Gasteiger partial charge >= 0.3 is 11.9 Å². The molecule has 14 heavy (non-hydrogen) atoms. The molecule has 0 aliphatic rings. The van der Waals surface area contributed by atoms with Crippen LogP contribution in [0, 0.1) is 0 Å².